The molecule has 0 bridgehead atoms. The Morgan fingerprint density at radius 1 is 1.35 bits per heavy atom. The van der Waals surface area contributed by atoms with E-state index in [9.17, 15) is 8.78 Å². The van der Waals surface area contributed by atoms with Gasteiger partial charge in [-0.1, -0.05) is 0 Å². The highest BCUT2D eigenvalue weighted by atomic mass is 19.1. The van der Waals surface area contributed by atoms with E-state index in [0.717, 1.165) is 24.0 Å². The summed E-state index contributed by atoms with van der Waals surface area (Å²) in [5.41, 5.74) is 6.04. The predicted octanol–water partition coefficient (Wildman–Crippen LogP) is 2.10. The van der Waals surface area contributed by atoms with Gasteiger partial charge in [0, 0.05) is 24.8 Å². The molecule has 2 rings (SSSR count). The first-order valence-electron chi connectivity index (χ1n) is 5.31. The van der Waals surface area contributed by atoms with Crippen LogP contribution in [0.4, 0.5) is 8.78 Å². The zero-order valence-corrected chi connectivity index (χ0v) is 9.45. The van der Waals surface area contributed by atoms with Crippen molar-refractivity contribution in [1.82, 2.24) is 9.55 Å². The molecule has 0 saturated heterocycles. The van der Waals surface area contributed by atoms with Gasteiger partial charge in [-0.25, -0.2) is 13.8 Å². The Labute approximate surface area is 97.9 Å². The highest BCUT2D eigenvalue weighted by Crippen LogP contribution is 2.22. The molecular formula is C12H13F2N3. The first kappa shape index (κ1) is 11.7. The quantitative estimate of drug-likeness (QED) is 0.888. The molecule has 0 spiro atoms. The minimum atomic E-state index is -0.483. The number of benzene rings is 1. The molecule has 2 N–H and O–H groups in total. The third kappa shape index (κ3) is 2.34. The Kier molecular flexibility index (Phi) is 3.19. The van der Waals surface area contributed by atoms with Gasteiger partial charge < -0.3 is 10.3 Å². The van der Waals surface area contributed by atoms with Crippen LogP contribution in [0.1, 0.15) is 5.82 Å². The second-order valence-electron chi connectivity index (χ2n) is 3.78. The van der Waals surface area contributed by atoms with Crippen LogP contribution in [-0.2, 0) is 6.54 Å². The summed E-state index contributed by atoms with van der Waals surface area (Å²) >= 11 is 0. The van der Waals surface area contributed by atoms with Crippen molar-refractivity contribution in [2.75, 3.05) is 6.54 Å². The second-order valence-corrected chi connectivity index (χ2v) is 3.78. The van der Waals surface area contributed by atoms with Crippen molar-refractivity contribution in [3.63, 3.8) is 0 Å². The standard InChI is InChI=1S/C12H13F2N3/c1-8-16-12(7-17(8)5-4-15)10-6-9(13)2-3-11(10)14/h2-3,6-7H,4-5,15H2,1H3. The Morgan fingerprint density at radius 2 is 2.12 bits per heavy atom. The van der Waals surface area contributed by atoms with E-state index in [0.29, 0.717) is 18.8 Å². The molecule has 0 aliphatic rings. The van der Waals surface area contributed by atoms with Gasteiger partial charge in [0.25, 0.3) is 0 Å². The van der Waals surface area contributed by atoms with Crippen LogP contribution in [-0.4, -0.2) is 16.1 Å². The molecule has 0 fully saturated rings. The molecule has 0 saturated carbocycles. The molecule has 90 valence electrons. The molecule has 0 aliphatic heterocycles. The van der Waals surface area contributed by atoms with Gasteiger partial charge >= 0.3 is 0 Å². The van der Waals surface area contributed by atoms with Gasteiger partial charge in [0.1, 0.15) is 17.5 Å². The van der Waals surface area contributed by atoms with Gasteiger partial charge in [-0.15, -0.1) is 0 Å². The highest BCUT2D eigenvalue weighted by Gasteiger charge is 2.11. The van der Waals surface area contributed by atoms with Crippen molar-refractivity contribution in [2.24, 2.45) is 5.73 Å². The minimum absolute atomic E-state index is 0.170. The SMILES string of the molecule is Cc1nc(-c2cc(F)ccc2F)cn1CCN. The summed E-state index contributed by atoms with van der Waals surface area (Å²) in [7, 11) is 0. The van der Waals surface area contributed by atoms with Gasteiger partial charge in [-0.3, -0.25) is 0 Å². The number of hydrogen-bond acceptors (Lipinski definition) is 2. The highest BCUT2D eigenvalue weighted by molar-refractivity contribution is 5.59. The van der Waals surface area contributed by atoms with Crippen molar-refractivity contribution in [1.29, 1.82) is 0 Å². The van der Waals surface area contributed by atoms with E-state index >= 15 is 0 Å². The number of aromatic nitrogens is 2. The third-order valence-electron chi connectivity index (χ3n) is 2.55. The van der Waals surface area contributed by atoms with Crippen molar-refractivity contribution in [3.05, 3.63) is 41.9 Å². The van der Waals surface area contributed by atoms with Crippen LogP contribution in [0.2, 0.25) is 0 Å². The van der Waals surface area contributed by atoms with Gasteiger partial charge in [-0.2, -0.15) is 0 Å². The molecule has 3 nitrogen and oxygen atoms in total. The average Bonchev–Trinajstić information content (AvgIpc) is 2.64. The summed E-state index contributed by atoms with van der Waals surface area (Å²) in [5.74, 6) is -0.231. The Bertz CT molecular complexity index is 535. The molecule has 0 aliphatic carbocycles. The maximum absolute atomic E-state index is 13.5. The Hall–Kier alpha value is -1.75. The van der Waals surface area contributed by atoms with Crippen LogP contribution in [0.5, 0.6) is 0 Å². The predicted molar refractivity (Wildman–Crippen MR) is 61.4 cm³/mol. The van der Waals surface area contributed by atoms with Gasteiger partial charge in [0.05, 0.1) is 5.69 Å². The number of aryl methyl sites for hydroxylation is 1. The molecule has 0 atom stereocenters. The van der Waals surface area contributed by atoms with E-state index in [1.165, 1.54) is 0 Å². The van der Waals surface area contributed by atoms with Gasteiger partial charge in [0.2, 0.25) is 0 Å². The smallest absolute Gasteiger partial charge is 0.132 e. The normalized spacial score (nSPS) is 10.8. The number of hydrogen-bond donors (Lipinski definition) is 1. The fraction of sp³-hybridized carbons (Fsp3) is 0.250. The fourth-order valence-corrected chi connectivity index (χ4v) is 1.70. The first-order chi connectivity index (χ1) is 8.11. The van der Waals surface area contributed by atoms with Crippen molar-refractivity contribution in [3.8, 4) is 11.3 Å². The summed E-state index contributed by atoms with van der Waals surface area (Å²) in [5, 5.41) is 0. The van der Waals surface area contributed by atoms with E-state index in [2.05, 4.69) is 4.98 Å². The molecule has 0 unspecified atom stereocenters. The van der Waals surface area contributed by atoms with Crippen molar-refractivity contribution < 1.29 is 8.78 Å². The number of rotatable bonds is 3. The number of nitrogens with two attached hydrogens (primary N) is 1. The fourth-order valence-electron chi connectivity index (χ4n) is 1.70. The molecule has 1 aromatic heterocycles. The Balaban J connectivity index is 2.45. The van der Waals surface area contributed by atoms with Gasteiger partial charge in [-0.05, 0) is 25.1 Å². The molecular weight excluding hydrogens is 224 g/mol. The summed E-state index contributed by atoms with van der Waals surface area (Å²) in [6.07, 6.45) is 1.68. The van der Waals surface area contributed by atoms with Crippen LogP contribution in [0.3, 0.4) is 0 Å². The van der Waals surface area contributed by atoms with Gasteiger partial charge in [0.15, 0.2) is 0 Å². The van der Waals surface area contributed by atoms with Crippen LogP contribution < -0.4 is 5.73 Å². The Morgan fingerprint density at radius 3 is 2.82 bits per heavy atom. The number of halogens is 2. The summed E-state index contributed by atoms with van der Waals surface area (Å²) < 4.78 is 28.4. The van der Waals surface area contributed by atoms with E-state index in [1.54, 1.807) is 13.1 Å². The maximum atomic E-state index is 13.5. The van der Waals surface area contributed by atoms with Crippen LogP contribution in [0.15, 0.2) is 24.4 Å². The molecule has 2 aromatic rings. The summed E-state index contributed by atoms with van der Waals surface area (Å²) in [6, 6.07) is 3.33. The van der Waals surface area contributed by atoms with E-state index in [1.807, 2.05) is 4.57 Å². The molecule has 0 amide bonds. The van der Waals surface area contributed by atoms with Crippen molar-refractivity contribution >= 4 is 0 Å². The summed E-state index contributed by atoms with van der Waals surface area (Å²) in [6.45, 7) is 2.88. The van der Waals surface area contributed by atoms with Crippen molar-refractivity contribution in [2.45, 2.75) is 13.5 Å². The first-order valence-corrected chi connectivity index (χ1v) is 5.31. The molecule has 1 aromatic carbocycles. The lowest BCUT2D eigenvalue weighted by Crippen LogP contribution is -2.10. The monoisotopic (exact) mass is 237 g/mol. The minimum Gasteiger partial charge on any atom is -0.333 e. The molecule has 17 heavy (non-hydrogen) atoms. The molecule has 1 heterocycles. The van der Waals surface area contributed by atoms with Crippen LogP contribution in [0.25, 0.3) is 11.3 Å². The van der Waals surface area contributed by atoms with E-state index in [4.69, 9.17) is 5.73 Å². The number of imidazole rings is 1. The third-order valence-corrected chi connectivity index (χ3v) is 2.55. The largest absolute Gasteiger partial charge is 0.333 e. The van der Waals surface area contributed by atoms with E-state index in [-0.39, 0.29) is 5.56 Å². The lowest BCUT2D eigenvalue weighted by atomic mass is 10.1. The topological polar surface area (TPSA) is 43.8 Å². The average molecular weight is 237 g/mol. The summed E-state index contributed by atoms with van der Waals surface area (Å²) in [4.78, 5) is 4.20. The zero-order chi connectivity index (χ0) is 12.4. The number of nitrogens with zero attached hydrogens (tertiary/aromatic N) is 2. The lowest BCUT2D eigenvalue weighted by molar-refractivity contribution is 0.602. The zero-order valence-electron chi connectivity index (χ0n) is 9.45. The van der Waals surface area contributed by atoms with Crippen LogP contribution >= 0.6 is 0 Å². The molecule has 0 radical (unpaired) electrons. The molecule has 5 heteroatoms. The maximum Gasteiger partial charge on any atom is 0.132 e. The second kappa shape index (κ2) is 4.63. The van der Waals surface area contributed by atoms with Crippen LogP contribution in [0, 0.1) is 18.6 Å². The lowest BCUT2D eigenvalue weighted by Gasteiger charge is -2.00. The van der Waals surface area contributed by atoms with E-state index < -0.39 is 11.6 Å².